The molecule has 1 aliphatic rings. The van der Waals surface area contributed by atoms with E-state index in [0.717, 1.165) is 61.8 Å². The van der Waals surface area contributed by atoms with Crippen LogP contribution in [0.2, 0.25) is 0 Å². The van der Waals surface area contributed by atoms with Gasteiger partial charge in [-0.05, 0) is 37.9 Å². The van der Waals surface area contributed by atoms with Crippen molar-refractivity contribution < 1.29 is 4.74 Å². The van der Waals surface area contributed by atoms with Crippen molar-refractivity contribution in [2.24, 2.45) is 0 Å². The fourth-order valence-electron chi connectivity index (χ4n) is 4.70. The highest BCUT2D eigenvalue weighted by atomic mass is 16.5. The van der Waals surface area contributed by atoms with E-state index >= 15 is 0 Å². The van der Waals surface area contributed by atoms with Gasteiger partial charge < -0.3 is 14.6 Å². The van der Waals surface area contributed by atoms with Crippen molar-refractivity contribution in [3.8, 4) is 0 Å². The van der Waals surface area contributed by atoms with E-state index in [0.29, 0.717) is 13.2 Å². The normalized spacial score (nSPS) is 16.5. The van der Waals surface area contributed by atoms with Gasteiger partial charge in [0, 0.05) is 32.9 Å². The molecule has 0 amide bonds. The highest BCUT2D eigenvalue weighted by Crippen LogP contribution is 2.33. The molecule has 1 saturated heterocycles. The molecule has 1 unspecified atom stereocenters. The molecule has 5 rings (SSSR count). The van der Waals surface area contributed by atoms with Crippen molar-refractivity contribution in [3.63, 3.8) is 0 Å². The number of ether oxygens (including phenoxy) is 1. The molecule has 4 aromatic rings. The van der Waals surface area contributed by atoms with Crippen LogP contribution in [0, 0.1) is 0 Å². The van der Waals surface area contributed by atoms with E-state index in [9.17, 15) is 0 Å². The Balaban J connectivity index is 1.49. The number of benzene rings is 1. The summed E-state index contributed by atoms with van der Waals surface area (Å²) >= 11 is 0. The summed E-state index contributed by atoms with van der Waals surface area (Å²) in [4.78, 5) is 17.2. The third-order valence-corrected chi connectivity index (χ3v) is 6.41. The molecular formula is C25H32N8O. The molecule has 3 aromatic heterocycles. The Bertz CT molecular complexity index is 1220. The molecule has 0 bridgehead atoms. The first kappa shape index (κ1) is 22.5. The molecule has 1 N–H and O–H groups in total. The highest BCUT2D eigenvalue weighted by molar-refractivity contribution is 5.83. The van der Waals surface area contributed by atoms with E-state index in [1.807, 2.05) is 18.6 Å². The van der Waals surface area contributed by atoms with Crippen molar-refractivity contribution >= 4 is 17.0 Å². The van der Waals surface area contributed by atoms with Crippen LogP contribution in [0.5, 0.6) is 0 Å². The number of hydrogen-bond acceptors (Lipinski definition) is 7. The van der Waals surface area contributed by atoms with E-state index in [1.165, 1.54) is 11.3 Å². The van der Waals surface area contributed by atoms with Crippen LogP contribution in [-0.2, 0) is 24.4 Å². The molecule has 0 aliphatic carbocycles. The van der Waals surface area contributed by atoms with Crippen molar-refractivity contribution in [1.29, 1.82) is 0 Å². The number of aryl methyl sites for hydroxylation is 1. The first-order valence-corrected chi connectivity index (χ1v) is 12.0. The Morgan fingerprint density at radius 1 is 1.12 bits per heavy atom. The van der Waals surface area contributed by atoms with Gasteiger partial charge in [0.15, 0.2) is 11.5 Å². The number of nitrogens with zero attached hydrogens (tertiary/aromatic N) is 7. The summed E-state index contributed by atoms with van der Waals surface area (Å²) in [5.41, 5.74) is 4.10. The largest absolute Gasteiger partial charge is 0.383 e. The Labute approximate surface area is 199 Å². The fourth-order valence-corrected chi connectivity index (χ4v) is 4.70. The van der Waals surface area contributed by atoms with Crippen molar-refractivity contribution in [2.75, 3.05) is 32.1 Å². The van der Waals surface area contributed by atoms with Crippen LogP contribution in [-0.4, -0.2) is 61.0 Å². The van der Waals surface area contributed by atoms with Crippen molar-refractivity contribution in [1.82, 2.24) is 34.2 Å². The zero-order valence-corrected chi connectivity index (χ0v) is 19.9. The lowest BCUT2D eigenvalue weighted by atomic mass is 10.2. The summed E-state index contributed by atoms with van der Waals surface area (Å²) < 4.78 is 9.41. The van der Waals surface area contributed by atoms with Gasteiger partial charge in [0.05, 0.1) is 31.2 Å². The Kier molecular flexibility index (Phi) is 6.82. The number of hydrogen-bond donors (Lipinski definition) is 1. The zero-order chi connectivity index (χ0) is 23.3. The second-order valence-electron chi connectivity index (χ2n) is 8.65. The third-order valence-electron chi connectivity index (χ3n) is 6.41. The Morgan fingerprint density at radius 2 is 2.00 bits per heavy atom. The molecule has 1 atom stereocenters. The van der Waals surface area contributed by atoms with Gasteiger partial charge in [0.2, 0.25) is 0 Å². The monoisotopic (exact) mass is 460 g/mol. The molecule has 34 heavy (non-hydrogen) atoms. The third kappa shape index (κ3) is 4.67. The fraction of sp³-hybridized carbons (Fsp3) is 0.440. The van der Waals surface area contributed by atoms with Crippen LogP contribution in [0.15, 0.2) is 48.9 Å². The van der Waals surface area contributed by atoms with Gasteiger partial charge in [0.25, 0.3) is 0 Å². The smallest absolute Gasteiger partial charge is 0.166 e. The molecule has 1 aromatic carbocycles. The number of nitrogens with one attached hydrogen (secondary N) is 1. The second kappa shape index (κ2) is 10.3. The van der Waals surface area contributed by atoms with Gasteiger partial charge in [-0.1, -0.05) is 30.3 Å². The molecule has 1 aliphatic heterocycles. The molecule has 0 radical (unpaired) electrons. The van der Waals surface area contributed by atoms with Gasteiger partial charge in [-0.15, -0.1) is 0 Å². The second-order valence-corrected chi connectivity index (χ2v) is 8.65. The molecule has 0 spiro atoms. The molecule has 9 heteroatoms. The number of fused-ring (bicyclic) bond motifs is 1. The van der Waals surface area contributed by atoms with Crippen LogP contribution in [0.3, 0.4) is 0 Å². The molecule has 178 valence electrons. The summed E-state index contributed by atoms with van der Waals surface area (Å²) in [7, 11) is 1.70. The summed E-state index contributed by atoms with van der Waals surface area (Å²) in [5, 5.41) is 7.86. The van der Waals surface area contributed by atoms with Gasteiger partial charge >= 0.3 is 0 Å². The van der Waals surface area contributed by atoms with Crippen LogP contribution in [0.1, 0.15) is 42.9 Å². The minimum absolute atomic E-state index is 0.160. The van der Waals surface area contributed by atoms with E-state index in [1.54, 1.807) is 7.11 Å². The summed E-state index contributed by atoms with van der Waals surface area (Å²) in [6.07, 6.45) is 5.91. The molecular weight excluding hydrogens is 428 g/mol. The predicted octanol–water partition coefficient (Wildman–Crippen LogP) is 3.49. The zero-order valence-electron chi connectivity index (χ0n) is 19.9. The Morgan fingerprint density at radius 3 is 2.82 bits per heavy atom. The predicted molar refractivity (Wildman–Crippen MR) is 132 cm³/mol. The first-order chi connectivity index (χ1) is 16.8. The van der Waals surface area contributed by atoms with Gasteiger partial charge in [-0.25, -0.2) is 15.0 Å². The first-order valence-electron chi connectivity index (χ1n) is 12.0. The van der Waals surface area contributed by atoms with Crippen LogP contribution in [0.25, 0.3) is 11.2 Å². The average Bonchev–Trinajstić information content (AvgIpc) is 3.61. The number of imidazole rings is 1. The van der Waals surface area contributed by atoms with E-state index in [-0.39, 0.29) is 6.04 Å². The minimum Gasteiger partial charge on any atom is -0.383 e. The van der Waals surface area contributed by atoms with E-state index in [4.69, 9.17) is 14.7 Å². The van der Waals surface area contributed by atoms with Gasteiger partial charge in [-0.3, -0.25) is 9.58 Å². The summed E-state index contributed by atoms with van der Waals surface area (Å²) in [6.45, 7) is 6.85. The number of anilines is 1. The lowest BCUT2D eigenvalue weighted by Crippen LogP contribution is -2.26. The van der Waals surface area contributed by atoms with Crippen molar-refractivity contribution in [2.45, 2.75) is 45.4 Å². The molecule has 9 nitrogen and oxygen atoms in total. The quantitative estimate of drug-likeness (QED) is 0.363. The highest BCUT2D eigenvalue weighted by Gasteiger charge is 2.30. The van der Waals surface area contributed by atoms with Crippen LogP contribution >= 0.6 is 0 Å². The van der Waals surface area contributed by atoms with Crippen LogP contribution < -0.4 is 5.32 Å². The number of methoxy groups -OCH3 is 1. The van der Waals surface area contributed by atoms with Gasteiger partial charge in [-0.2, -0.15) is 5.10 Å². The average molecular weight is 461 g/mol. The summed E-state index contributed by atoms with van der Waals surface area (Å²) in [5.74, 6) is 1.62. The van der Waals surface area contributed by atoms with Crippen LogP contribution in [0.4, 0.5) is 5.82 Å². The van der Waals surface area contributed by atoms with E-state index in [2.05, 4.69) is 66.8 Å². The SMILES string of the molecule is CCn1nccc1CN1CCCC1c1nc(NCCOC)c2ncn(Cc3ccccc3)c2n1. The molecule has 0 saturated carbocycles. The Hall–Kier alpha value is -3.30. The lowest BCUT2D eigenvalue weighted by molar-refractivity contribution is 0.210. The maximum Gasteiger partial charge on any atom is 0.166 e. The topological polar surface area (TPSA) is 85.9 Å². The van der Waals surface area contributed by atoms with Crippen molar-refractivity contribution in [3.05, 3.63) is 66.0 Å². The number of rotatable bonds is 10. The molecule has 1 fully saturated rings. The van der Waals surface area contributed by atoms with E-state index < -0.39 is 0 Å². The summed E-state index contributed by atoms with van der Waals surface area (Å²) in [6, 6.07) is 12.7. The lowest BCUT2D eigenvalue weighted by Gasteiger charge is -2.24. The maximum atomic E-state index is 5.24. The number of likely N-dealkylation sites (tertiary alicyclic amines) is 1. The standard InChI is InChI=1S/C25H32N8O/c1-3-33-20(11-12-28-33)17-31-14-7-10-21(31)23-29-24(26-13-15-34-2)22-25(30-23)32(18-27-22)16-19-8-5-4-6-9-19/h4-6,8-9,11-12,18,21H,3,7,10,13-17H2,1-2H3,(H,26,29,30). The number of aromatic nitrogens is 6. The molecule has 4 heterocycles. The maximum absolute atomic E-state index is 5.24. The van der Waals surface area contributed by atoms with Gasteiger partial charge in [0.1, 0.15) is 11.3 Å². The minimum atomic E-state index is 0.160.